The maximum atomic E-state index is 14.0. The van der Waals surface area contributed by atoms with Crippen LogP contribution in [0.2, 0.25) is 5.02 Å². The Bertz CT molecular complexity index is 832. The first-order chi connectivity index (χ1) is 9.47. The first-order valence-corrected chi connectivity index (χ1v) is 7.01. The molecule has 0 aliphatic rings. The van der Waals surface area contributed by atoms with Gasteiger partial charge in [-0.1, -0.05) is 11.6 Å². The number of rotatable bonds is 1. The van der Waals surface area contributed by atoms with Gasteiger partial charge in [-0.3, -0.25) is 4.57 Å². The number of imidazole rings is 1. The molecule has 102 valence electrons. The van der Waals surface area contributed by atoms with Crippen LogP contribution in [0.3, 0.4) is 0 Å². The lowest BCUT2D eigenvalue weighted by Crippen LogP contribution is -2.03. The molecule has 0 radical (unpaired) electrons. The van der Waals surface area contributed by atoms with Gasteiger partial charge in [0.2, 0.25) is 5.95 Å². The average molecular weight is 406 g/mol. The van der Waals surface area contributed by atoms with E-state index in [-0.39, 0.29) is 11.6 Å². The molecule has 0 saturated heterocycles. The van der Waals surface area contributed by atoms with Crippen LogP contribution in [0.1, 0.15) is 0 Å². The summed E-state index contributed by atoms with van der Waals surface area (Å²) in [4.78, 5) is 4.12. The first-order valence-electron chi connectivity index (χ1n) is 5.56. The number of anilines is 1. The van der Waals surface area contributed by atoms with Crippen LogP contribution in [-0.4, -0.2) is 9.55 Å². The molecule has 3 aromatic rings. The molecule has 2 N–H and O–H groups in total. The summed E-state index contributed by atoms with van der Waals surface area (Å²) in [5, 5.41) is 0.355. The van der Waals surface area contributed by atoms with Gasteiger partial charge in [0.25, 0.3) is 0 Å². The van der Waals surface area contributed by atoms with Crippen LogP contribution in [0, 0.1) is 15.2 Å². The van der Waals surface area contributed by atoms with Crippen molar-refractivity contribution in [2.75, 3.05) is 5.73 Å². The van der Waals surface area contributed by atoms with Crippen LogP contribution in [0.15, 0.2) is 30.3 Å². The molecule has 0 atom stereocenters. The third kappa shape index (κ3) is 2.12. The Morgan fingerprint density at radius 3 is 2.65 bits per heavy atom. The van der Waals surface area contributed by atoms with Gasteiger partial charge >= 0.3 is 0 Å². The summed E-state index contributed by atoms with van der Waals surface area (Å²) in [7, 11) is 0. The molecule has 0 aliphatic carbocycles. The number of nitrogens with zero attached hydrogens (tertiary/aromatic N) is 2. The van der Waals surface area contributed by atoms with Crippen molar-refractivity contribution < 1.29 is 8.78 Å². The average Bonchev–Trinajstić information content (AvgIpc) is 2.69. The quantitative estimate of drug-likeness (QED) is 0.618. The molecule has 2 aromatic carbocycles. The van der Waals surface area contributed by atoms with Crippen LogP contribution < -0.4 is 5.73 Å². The molecule has 3 nitrogen and oxygen atoms in total. The molecule has 0 unspecified atom stereocenters. The third-order valence-electron chi connectivity index (χ3n) is 2.87. The number of benzene rings is 2. The van der Waals surface area contributed by atoms with Gasteiger partial charge in [-0.05, 0) is 46.9 Å². The minimum Gasteiger partial charge on any atom is -0.369 e. The molecule has 0 amide bonds. The van der Waals surface area contributed by atoms with E-state index in [0.29, 0.717) is 19.6 Å². The Morgan fingerprint density at radius 1 is 1.15 bits per heavy atom. The maximum absolute atomic E-state index is 14.0. The summed E-state index contributed by atoms with van der Waals surface area (Å²) in [5.41, 5.74) is 6.84. The molecule has 3 rings (SSSR count). The standard InChI is InChI=1S/C13H7ClF2IN3/c14-6-1-2-7(15)11(3-6)20-12-4-8(16)9(17)5-10(12)19-13(20)18/h1-5H,(H2,18,19). The summed E-state index contributed by atoms with van der Waals surface area (Å²) in [6.45, 7) is 0. The van der Waals surface area contributed by atoms with E-state index >= 15 is 0 Å². The van der Waals surface area contributed by atoms with Crippen molar-refractivity contribution in [2.45, 2.75) is 0 Å². The topological polar surface area (TPSA) is 43.8 Å². The molecule has 0 spiro atoms. The van der Waals surface area contributed by atoms with Crippen LogP contribution in [-0.2, 0) is 0 Å². The van der Waals surface area contributed by atoms with Gasteiger partial charge in [0, 0.05) is 11.1 Å². The zero-order valence-corrected chi connectivity index (χ0v) is 12.8. The van der Waals surface area contributed by atoms with Crippen LogP contribution in [0.5, 0.6) is 0 Å². The van der Waals surface area contributed by atoms with Gasteiger partial charge in [0.15, 0.2) is 0 Å². The van der Waals surface area contributed by atoms with Crippen molar-refractivity contribution in [3.05, 3.63) is 50.6 Å². The third-order valence-corrected chi connectivity index (χ3v) is 3.93. The monoisotopic (exact) mass is 405 g/mol. The summed E-state index contributed by atoms with van der Waals surface area (Å²) in [5.74, 6) is -0.858. The lowest BCUT2D eigenvalue weighted by Gasteiger charge is -2.08. The maximum Gasteiger partial charge on any atom is 0.206 e. The van der Waals surface area contributed by atoms with E-state index < -0.39 is 11.6 Å². The second kappa shape index (κ2) is 4.85. The van der Waals surface area contributed by atoms with Gasteiger partial charge in [-0.25, -0.2) is 13.8 Å². The van der Waals surface area contributed by atoms with Crippen molar-refractivity contribution in [2.24, 2.45) is 0 Å². The molecule has 7 heteroatoms. The van der Waals surface area contributed by atoms with E-state index in [0.717, 1.165) is 0 Å². The van der Waals surface area contributed by atoms with Gasteiger partial charge in [-0.15, -0.1) is 0 Å². The van der Waals surface area contributed by atoms with Crippen LogP contribution >= 0.6 is 34.2 Å². The Morgan fingerprint density at radius 2 is 1.90 bits per heavy atom. The van der Waals surface area contributed by atoms with E-state index in [1.54, 1.807) is 6.07 Å². The van der Waals surface area contributed by atoms with Gasteiger partial charge in [0.05, 0.1) is 20.3 Å². The molecule has 1 aromatic heterocycles. The van der Waals surface area contributed by atoms with E-state index in [9.17, 15) is 8.78 Å². The van der Waals surface area contributed by atoms with Crippen LogP contribution in [0.4, 0.5) is 14.7 Å². The highest BCUT2D eigenvalue weighted by molar-refractivity contribution is 14.1. The minimum absolute atomic E-state index is 0.0718. The molecule has 0 bridgehead atoms. The zero-order chi connectivity index (χ0) is 14.4. The number of fused-ring (bicyclic) bond motifs is 1. The van der Waals surface area contributed by atoms with E-state index in [1.807, 2.05) is 22.6 Å². The lowest BCUT2D eigenvalue weighted by molar-refractivity contribution is 0.617. The summed E-state index contributed by atoms with van der Waals surface area (Å²) in [6.07, 6.45) is 0. The molecule has 20 heavy (non-hydrogen) atoms. The molecule has 0 saturated carbocycles. The highest BCUT2D eigenvalue weighted by Crippen LogP contribution is 2.28. The Labute approximate surface area is 131 Å². The number of hydrogen-bond acceptors (Lipinski definition) is 2. The fourth-order valence-corrected chi connectivity index (χ4v) is 2.62. The number of halogens is 4. The molecule has 0 aliphatic heterocycles. The van der Waals surface area contributed by atoms with Crippen molar-refractivity contribution >= 4 is 51.2 Å². The fourth-order valence-electron chi connectivity index (χ4n) is 2.00. The van der Waals surface area contributed by atoms with Gasteiger partial charge < -0.3 is 5.73 Å². The lowest BCUT2D eigenvalue weighted by atomic mass is 10.2. The molecular weight excluding hydrogens is 399 g/mol. The number of nitrogens with two attached hydrogens (primary N) is 1. The summed E-state index contributed by atoms with van der Waals surface area (Å²) >= 11 is 7.74. The smallest absolute Gasteiger partial charge is 0.206 e. The summed E-state index contributed by atoms with van der Waals surface area (Å²) < 4.78 is 29.5. The molecule has 0 fully saturated rings. The second-order valence-electron chi connectivity index (χ2n) is 4.16. The molecular formula is C13H7ClF2IN3. The predicted octanol–water partition coefficient (Wildman–Crippen LogP) is 4.14. The minimum atomic E-state index is -0.514. The van der Waals surface area contributed by atoms with Gasteiger partial charge in [0.1, 0.15) is 11.6 Å². The SMILES string of the molecule is Nc1nc2cc(I)c(F)cc2n1-c1cc(Cl)ccc1F. The Hall–Kier alpha value is -1.41. The van der Waals surface area contributed by atoms with Crippen molar-refractivity contribution in [3.8, 4) is 5.69 Å². The normalized spacial score (nSPS) is 11.2. The van der Waals surface area contributed by atoms with E-state index in [4.69, 9.17) is 17.3 Å². The van der Waals surface area contributed by atoms with E-state index in [1.165, 1.54) is 28.8 Å². The van der Waals surface area contributed by atoms with Crippen molar-refractivity contribution in [3.63, 3.8) is 0 Å². The second-order valence-corrected chi connectivity index (χ2v) is 5.75. The molecule has 1 heterocycles. The van der Waals surface area contributed by atoms with E-state index in [2.05, 4.69) is 4.98 Å². The number of hydrogen-bond donors (Lipinski definition) is 1. The van der Waals surface area contributed by atoms with Gasteiger partial charge in [-0.2, -0.15) is 0 Å². The van der Waals surface area contributed by atoms with Crippen molar-refractivity contribution in [1.82, 2.24) is 9.55 Å². The highest BCUT2D eigenvalue weighted by Gasteiger charge is 2.16. The van der Waals surface area contributed by atoms with Crippen LogP contribution in [0.25, 0.3) is 16.7 Å². The number of aromatic nitrogens is 2. The predicted molar refractivity (Wildman–Crippen MR) is 83.1 cm³/mol. The highest BCUT2D eigenvalue weighted by atomic mass is 127. The first kappa shape index (κ1) is 13.6. The fraction of sp³-hybridized carbons (Fsp3) is 0. The zero-order valence-electron chi connectivity index (χ0n) is 9.87. The largest absolute Gasteiger partial charge is 0.369 e. The number of nitrogen functional groups attached to an aromatic ring is 1. The summed E-state index contributed by atoms with van der Waals surface area (Å²) in [6, 6.07) is 6.91. The Kier molecular flexibility index (Phi) is 3.29. The Balaban J connectivity index is 2.38. The van der Waals surface area contributed by atoms with Crippen molar-refractivity contribution in [1.29, 1.82) is 0 Å².